The summed E-state index contributed by atoms with van der Waals surface area (Å²) >= 11 is 1.59. The zero-order chi connectivity index (χ0) is 19.8. The largest absolute Gasteiger partial charge is 0.368 e. The van der Waals surface area contributed by atoms with Gasteiger partial charge in [0.15, 0.2) is 0 Å². The summed E-state index contributed by atoms with van der Waals surface area (Å²) in [5.74, 6) is 2.60. The summed E-state index contributed by atoms with van der Waals surface area (Å²) in [6.07, 6.45) is 5.09. The molecule has 1 amide bonds. The summed E-state index contributed by atoms with van der Waals surface area (Å²) in [7, 11) is 0. The van der Waals surface area contributed by atoms with E-state index in [1.54, 1.807) is 23.6 Å². The third-order valence-corrected chi connectivity index (χ3v) is 4.52. The molecule has 0 aliphatic heterocycles. The Morgan fingerprint density at radius 2 is 1.96 bits per heavy atom. The van der Waals surface area contributed by atoms with E-state index in [1.165, 1.54) is 6.08 Å². The van der Waals surface area contributed by atoms with E-state index < -0.39 is 0 Å². The molecule has 0 fully saturated rings. The molecule has 3 aromatic rings. The maximum Gasteiger partial charge on any atom is 0.244 e. The van der Waals surface area contributed by atoms with Crippen LogP contribution in [0.4, 0.5) is 17.5 Å². The van der Waals surface area contributed by atoms with Gasteiger partial charge in [-0.05, 0) is 49.1 Å². The fourth-order valence-corrected chi connectivity index (χ4v) is 3.06. The molecule has 0 radical (unpaired) electrons. The van der Waals surface area contributed by atoms with Crippen molar-refractivity contribution in [1.29, 1.82) is 0 Å². The average molecular weight is 395 g/mol. The number of amides is 1. The van der Waals surface area contributed by atoms with Crippen LogP contribution in [0.5, 0.6) is 0 Å². The van der Waals surface area contributed by atoms with Crippen LogP contribution in [-0.2, 0) is 4.79 Å². The molecule has 3 N–H and O–H groups in total. The molecule has 0 bridgehead atoms. The molecule has 0 aromatic carbocycles. The van der Waals surface area contributed by atoms with E-state index in [2.05, 4.69) is 30.9 Å². The van der Waals surface area contributed by atoms with Gasteiger partial charge in [-0.3, -0.25) is 4.79 Å². The Morgan fingerprint density at radius 1 is 1.11 bits per heavy atom. The molecule has 0 saturated heterocycles. The van der Waals surface area contributed by atoms with Crippen LogP contribution in [0.3, 0.4) is 0 Å². The average Bonchev–Trinajstić information content (AvgIpc) is 3.17. The Kier molecular flexibility index (Phi) is 6.69. The number of nitrogens with zero attached hydrogens (tertiary/aromatic N) is 3. The molecule has 28 heavy (non-hydrogen) atoms. The van der Waals surface area contributed by atoms with Gasteiger partial charge in [0, 0.05) is 36.3 Å². The van der Waals surface area contributed by atoms with Crippen molar-refractivity contribution in [3.05, 3.63) is 64.2 Å². The number of aryl methyl sites for hydroxylation is 2. The number of hydrogen-bond acceptors (Lipinski definition) is 7. The maximum absolute atomic E-state index is 11.8. The Labute approximate surface area is 168 Å². The number of thiophene rings is 1. The van der Waals surface area contributed by atoms with Crippen LogP contribution in [0.25, 0.3) is 6.08 Å². The standard InChI is InChI=1S/C20H22N6OS/c1-14-7-8-21-17(12-14)26-19-13-18(24-15(2)25-19)22-9-10-23-20(27)6-5-16-4-3-11-28-16/h3-8,11-13H,9-10H2,1-2H3,(H,23,27)(H2,21,22,24,25,26)/b6-5+. The van der Waals surface area contributed by atoms with Crippen molar-refractivity contribution in [2.24, 2.45) is 0 Å². The maximum atomic E-state index is 11.8. The number of nitrogens with one attached hydrogen (secondary N) is 3. The van der Waals surface area contributed by atoms with Crippen molar-refractivity contribution >= 4 is 40.8 Å². The minimum Gasteiger partial charge on any atom is -0.368 e. The number of rotatable bonds is 8. The molecule has 0 spiro atoms. The van der Waals surface area contributed by atoms with Crippen LogP contribution in [0.2, 0.25) is 0 Å². The van der Waals surface area contributed by atoms with Crippen molar-refractivity contribution in [3.8, 4) is 0 Å². The van der Waals surface area contributed by atoms with E-state index in [0.717, 1.165) is 16.3 Å². The smallest absolute Gasteiger partial charge is 0.244 e. The third kappa shape index (κ3) is 6.17. The first-order valence-electron chi connectivity index (χ1n) is 8.87. The quantitative estimate of drug-likeness (QED) is 0.400. The van der Waals surface area contributed by atoms with Gasteiger partial charge in [-0.1, -0.05) is 6.07 Å². The van der Waals surface area contributed by atoms with Crippen LogP contribution < -0.4 is 16.0 Å². The second kappa shape index (κ2) is 9.61. The summed E-state index contributed by atoms with van der Waals surface area (Å²) in [5, 5.41) is 11.2. The zero-order valence-corrected chi connectivity index (χ0v) is 16.6. The molecule has 0 unspecified atom stereocenters. The van der Waals surface area contributed by atoms with Gasteiger partial charge in [-0.2, -0.15) is 0 Å². The van der Waals surface area contributed by atoms with Crippen LogP contribution >= 0.6 is 11.3 Å². The molecule has 144 valence electrons. The molecular weight excluding hydrogens is 372 g/mol. The van der Waals surface area contributed by atoms with Crippen molar-refractivity contribution in [2.45, 2.75) is 13.8 Å². The molecule has 0 aliphatic rings. The van der Waals surface area contributed by atoms with Gasteiger partial charge in [-0.15, -0.1) is 11.3 Å². The van der Waals surface area contributed by atoms with Crippen LogP contribution in [0.15, 0.2) is 48.0 Å². The van der Waals surface area contributed by atoms with E-state index in [1.807, 2.05) is 49.6 Å². The highest BCUT2D eigenvalue weighted by Gasteiger charge is 2.04. The first kappa shape index (κ1) is 19.5. The van der Waals surface area contributed by atoms with Crippen molar-refractivity contribution in [2.75, 3.05) is 23.7 Å². The van der Waals surface area contributed by atoms with Crippen molar-refractivity contribution in [3.63, 3.8) is 0 Å². The number of hydrogen-bond donors (Lipinski definition) is 3. The van der Waals surface area contributed by atoms with E-state index in [-0.39, 0.29) is 5.91 Å². The molecule has 3 rings (SSSR count). The monoisotopic (exact) mass is 394 g/mol. The molecule has 7 nitrogen and oxygen atoms in total. The lowest BCUT2D eigenvalue weighted by molar-refractivity contribution is -0.116. The molecule has 8 heteroatoms. The summed E-state index contributed by atoms with van der Waals surface area (Å²) in [6.45, 7) is 4.88. The third-order valence-electron chi connectivity index (χ3n) is 3.68. The summed E-state index contributed by atoms with van der Waals surface area (Å²) in [6, 6.07) is 9.62. The minimum absolute atomic E-state index is 0.123. The van der Waals surface area contributed by atoms with Crippen molar-refractivity contribution < 1.29 is 4.79 Å². The van der Waals surface area contributed by atoms with Crippen molar-refractivity contribution in [1.82, 2.24) is 20.3 Å². The lowest BCUT2D eigenvalue weighted by atomic mass is 10.3. The first-order chi connectivity index (χ1) is 13.6. The van der Waals surface area contributed by atoms with Gasteiger partial charge in [-0.25, -0.2) is 15.0 Å². The lowest BCUT2D eigenvalue weighted by Crippen LogP contribution is -2.27. The fourth-order valence-electron chi connectivity index (χ4n) is 2.44. The Bertz CT molecular complexity index is 955. The highest BCUT2D eigenvalue weighted by molar-refractivity contribution is 7.10. The lowest BCUT2D eigenvalue weighted by Gasteiger charge is -2.10. The van der Waals surface area contributed by atoms with Crippen LogP contribution in [-0.4, -0.2) is 33.9 Å². The van der Waals surface area contributed by atoms with E-state index >= 15 is 0 Å². The Hall–Kier alpha value is -3.26. The second-order valence-corrected chi connectivity index (χ2v) is 7.07. The predicted octanol–water partition coefficient (Wildman–Crippen LogP) is 3.54. The number of anilines is 3. The number of aromatic nitrogens is 3. The molecule has 0 atom stereocenters. The van der Waals surface area contributed by atoms with Gasteiger partial charge < -0.3 is 16.0 Å². The predicted molar refractivity (Wildman–Crippen MR) is 114 cm³/mol. The number of pyridine rings is 1. The highest BCUT2D eigenvalue weighted by Crippen LogP contribution is 2.16. The number of carbonyl (C=O) groups excluding carboxylic acids is 1. The normalized spacial score (nSPS) is 10.8. The summed E-state index contributed by atoms with van der Waals surface area (Å²) in [5.41, 5.74) is 1.12. The topological polar surface area (TPSA) is 91.8 Å². The highest BCUT2D eigenvalue weighted by atomic mass is 32.1. The SMILES string of the molecule is Cc1ccnc(Nc2cc(NCCNC(=O)/C=C/c3cccs3)nc(C)n2)c1. The fraction of sp³-hybridized carbons (Fsp3) is 0.200. The van der Waals surface area contributed by atoms with Crippen LogP contribution in [0, 0.1) is 13.8 Å². The van der Waals surface area contributed by atoms with E-state index in [0.29, 0.717) is 30.5 Å². The molecular formula is C20H22N6OS. The molecule has 3 heterocycles. The Morgan fingerprint density at radius 3 is 2.75 bits per heavy atom. The number of carbonyl (C=O) groups is 1. The van der Waals surface area contributed by atoms with E-state index in [4.69, 9.17) is 0 Å². The second-order valence-electron chi connectivity index (χ2n) is 6.10. The van der Waals surface area contributed by atoms with Gasteiger partial charge in [0.25, 0.3) is 0 Å². The molecule has 0 saturated carbocycles. The van der Waals surface area contributed by atoms with Crippen LogP contribution in [0.1, 0.15) is 16.3 Å². The zero-order valence-electron chi connectivity index (χ0n) is 15.8. The molecule has 0 aliphatic carbocycles. The van der Waals surface area contributed by atoms with Gasteiger partial charge in [0.1, 0.15) is 23.3 Å². The van der Waals surface area contributed by atoms with Gasteiger partial charge in [0.05, 0.1) is 0 Å². The minimum atomic E-state index is -0.123. The molecule has 3 aromatic heterocycles. The Balaban J connectivity index is 1.49. The van der Waals surface area contributed by atoms with E-state index in [9.17, 15) is 4.79 Å². The van der Waals surface area contributed by atoms with Gasteiger partial charge in [0.2, 0.25) is 5.91 Å². The summed E-state index contributed by atoms with van der Waals surface area (Å²) < 4.78 is 0. The summed E-state index contributed by atoms with van der Waals surface area (Å²) in [4.78, 5) is 25.9. The van der Waals surface area contributed by atoms with Gasteiger partial charge >= 0.3 is 0 Å². The first-order valence-corrected chi connectivity index (χ1v) is 9.75.